The van der Waals surface area contributed by atoms with Crippen LogP contribution in [0.2, 0.25) is 0 Å². The third-order valence-electron chi connectivity index (χ3n) is 11.8. The van der Waals surface area contributed by atoms with Crippen LogP contribution in [0, 0.1) is 0 Å². The number of aromatic amines is 2. The van der Waals surface area contributed by atoms with Crippen molar-refractivity contribution in [3.8, 4) is 33.6 Å². The average molecular weight is 769 g/mol. The van der Waals surface area contributed by atoms with Gasteiger partial charge in [-0.2, -0.15) is 0 Å². The van der Waals surface area contributed by atoms with E-state index in [9.17, 15) is 14.4 Å². The first-order valence-corrected chi connectivity index (χ1v) is 20.2. The number of rotatable bonds is 9. The molecule has 13 nitrogen and oxygen atoms in total. The molecule has 0 spiro atoms. The number of benzene rings is 3. The summed E-state index contributed by atoms with van der Waals surface area (Å²) in [7, 11) is 0. The molecule has 6 heterocycles. The predicted molar refractivity (Wildman–Crippen MR) is 213 cm³/mol. The number of nitrogens with one attached hydrogen (secondary N) is 3. The molecule has 4 fully saturated rings. The van der Waals surface area contributed by atoms with Crippen molar-refractivity contribution < 1.29 is 23.9 Å². The van der Waals surface area contributed by atoms with Crippen molar-refractivity contribution in [2.24, 2.45) is 0 Å². The van der Waals surface area contributed by atoms with Crippen LogP contribution in [-0.2, 0) is 19.1 Å². The van der Waals surface area contributed by atoms with Crippen LogP contribution in [0.3, 0.4) is 0 Å². The molecule has 0 bridgehead atoms. The fourth-order valence-corrected chi connectivity index (χ4v) is 8.66. The van der Waals surface area contributed by atoms with Gasteiger partial charge in [0.2, 0.25) is 5.91 Å². The Kier molecular flexibility index (Phi) is 10.6. The molecule has 13 heteroatoms. The first-order chi connectivity index (χ1) is 28.0. The fourth-order valence-electron chi connectivity index (χ4n) is 8.66. The molecule has 9 rings (SSSR count). The number of aromatic nitrogens is 4. The maximum absolute atomic E-state index is 14.2. The Morgan fingerprint density at radius 1 is 0.649 bits per heavy atom. The molecule has 4 amide bonds. The Hall–Kier alpha value is -5.79. The Morgan fingerprint density at radius 2 is 1.21 bits per heavy atom. The highest BCUT2D eigenvalue weighted by atomic mass is 16.5. The molecule has 5 aromatic rings. The SMILES string of the molecule is O=C(N[C@H](C(=O)N1CCC[C@H]1c1ncc(-c2ccc(-c3ccc(-c4cnc([C@@H]5CCCN5C(=O)[C@@H]5CCCO5)[nH]4)cc3)cc2)[nH]1)c1ccccc1)N1CCOCC1. The number of carbonyl (C=O) groups excluding carboxylic acids is 3. The lowest BCUT2D eigenvalue weighted by Crippen LogP contribution is -2.50. The van der Waals surface area contributed by atoms with E-state index in [4.69, 9.17) is 19.4 Å². The van der Waals surface area contributed by atoms with Crippen LogP contribution in [-0.4, -0.2) is 105 Å². The standard InChI is InChI=1S/C44H48N8O5/c53-42(38-11-6-24-57-38)51-20-4-9-36(51)40-45-27-34(47-40)31-16-12-29(13-17-31)30-14-18-32(19-15-30)35-28-46-41(48-35)37-10-5-21-52(37)43(54)39(33-7-2-1-3-8-33)49-44(55)50-22-25-56-26-23-50/h1-3,7-8,12-19,27-28,36-39H,4-6,9-11,20-26H2,(H,45,47)(H,46,48)(H,49,55)/t36-,37-,38-,39-/m0/s1. The molecular weight excluding hydrogens is 721 g/mol. The number of ether oxygens (including phenoxy) is 2. The molecule has 0 radical (unpaired) electrons. The number of amides is 4. The minimum atomic E-state index is -0.813. The Labute approximate surface area is 331 Å². The maximum atomic E-state index is 14.2. The molecule has 0 unspecified atom stereocenters. The number of H-pyrrole nitrogens is 2. The zero-order valence-corrected chi connectivity index (χ0v) is 31.9. The van der Waals surface area contributed by atoms with Crippen LogP contribution >= 0.6 is 0 Å². The molecule has 0 saturated carbocycles. The predicted octanol–water partition coefficient (Wildman–Crippen LogP) is 6.42. The van der Waals surface area contributed by atoms with Gasteiger partial charge in [0, 0.05) is 32.8 Å². The van der Waals surface area contributed by atoms with Crippen LogP contribution in [0.5, 0.6) is 0 Å². The number of carbonyl (C=O) groups is 3. The number of hydrogen-bond acceptors (Lipinski definition) is 7. The van der Waals surface area contributed by atoms with Crippen LogP contribution in [0.15, 0.2) is 91.3 Å². The molecule has 4 saturated heterocycles. The lowest BCUT2D eigenvalue weighted by molar-refractivity contribution is -0.142. The zero-order chi connectivity index (χ0) is 38.7. The van der Waals surface area contributed by atoms with Gasteiger partial charge in [-0.3, -0.25) is 9.59 Å². The summed E-state index contributed by atoms with van der Waals surface area (Å²) in [6.45, 7) is 3.94. The highest BCUT2D eigenvalue weighted by molar-refractivity contribution is 5.89. The van der Waals surface area contributed by atoms with Gasteiger partial charge in [0.1, 0.15) is 23.8 Å². The number of imidazole rings is 2. The normalized spacial score (nSPS) is 21.5. The van der Waals surface area contributed by atoms with Crippen LogP contribution < -0.4 is 5.32 Å². The topological polar surface area (TPSA) is 149 Å². The van der Waals surface area contributed by atoms with E-state index >= 15 is 0 Å². The fraction of sp³-hybridized carbons (Fsp3) is 0.386. The van der Waals surface area contributed by atoms with E-state index in [2.05, 4.69) is 63.8 Å². The van der Waals surface area contributed by atoms with Gasteiger partial charge >= 0.3 is 6.03 Å². The van der Waals surface area contributed by atoms with Crippen molar-refractivity contribution in [1.29, 1.82) is 0 Å². The summed E-state index contributed by atoms with van der Waals surface area (Å²) in [4.78, 5) is 62.6. The smallest absolute Gasteiger partial charge is 0.318 e. The Bertz CT molecular complexity index is 2170. The van der Waals surface area contributed by atoms with Gasteiger partial charge in [0.25, 0.3) is 5.91 Å². The summed E-state index contributed by atoms with van der Waals surface area (Å²) in [5.41, 5.74) is 6.75. The van der Waals surface area contributed by atoms with Gasteiger partial charge in [0.15, 0.2) is 0 Å². The monoisotopic (exact) mass is 768 g/mol. The van der Waals surface area contributed by atoms with E-state index < -0.39 is 6.04 Å². The van der Waals surface area contributed by atoms with Crippen molar-refractivity contribution in [3.05, 3.63) is 108 Å². The molecular formula is C44H48N8O5. The molecule has 4 atom stereocenters. The van der Waals surface area contributed by atoms with Crippen LogP contribution in [0.25, 0.3) is 33.6 Å². The van der Waals surface area contributed by atoms with E-state index in [1.807, 2.05) is 52.5 Å². The average Bonchev–Trinajstić information content (AvgIpc) is 4.13. The summed E-state index contributed by atoms with van der Waals surface area (Å²) in [6.07, 6.45) is 8.58. The first-order valence-electron chi connectivity index (χ1n) is 20.2. The third-order valence-corrected chi connectivity index (χ3v) is 11.8. The number of urea groups is 1. The number of hydrogen-bond donors (Lipinski definition) is 3. The number of nitrogens with zero attached hydrogens (tertiary/aromatic N) is 5. The minimum Gasteiger partial charge on any atom is -0.378 e. The number of morpholine rings is 1. The van der Waals surface area contributed by atoms with Crippen LogP contribution in [0.4, 0.5) is 4.79 Å². The number of likely N-dealkylation sites (tertiary alicyclic amines) is 2. The molecule has 57 heavy (non-hydrogen) atoms. The molecule has 3 N–H and O–H groups in total. The molecule has 3 aromatic carbocycles. The van der Waals surface area contributed by atoms with Crippen molar-refractivity contribution in [2.45, 2.75) is 62.8 Å². The zero-order valence-electron chi connectivity index (χ0n) is 31.9. The molecule has 294 valence electrons. The molecule has 2 aromatic heterocycles. The summed E-state index contributed by atoms with van der Waals surface area (Å²) in [6, 6.07) is 24.9. The van der Waals surface area contributed by atoms with E-state index in [-0.39, 0.29) is 36.0 Å². The van der Waals surface area contributed by atoms with E-state index in [0.717, 1.165) is 95.9 Å². The minimum absolute atomic E-state index is 0.0502. The van der Waals surface area contributed by atoms with Gasteiger partial charge in [-0.15, -0.1) is 0 Å². The Balaban J connectivity index is 0.857. The maximum Gasteiger partial charge on any atom is 0.318 e. The molecule has 0 aliphatic carbocycles. The summed E-state index contributed by atoms with van der Waals surface area (Å²) in [5.74, 6) is 1.50. The second kappa shape index (κ2) is 16.4. The van der Waals surface area contributed by atoms with Gasteiger partial charge in [-0.1, -0.05) is 78.9 Å². The second-order valence-corrected chi connectivity index (χ2v) is 15.3. The van der Waals surface area contributed by atoms with Crippen LogP contribution in [0.1, 0.15) is 73.9 Å². The second-order valence-electron chi connectivity index (χ2n) is 15.3. The van der Waals surface area contributed by atoms with Crippen molar-refractivity contribution in [2.75, 3.05) is 46.0 Å². The summed E-state index contributed by atoms with van der Waals surface area (Å²) >= 11 is 0. The van der Waals surface area contributed by atoms with Gasteiger partial charge < -0.3 is 39.5 Å². The molecule has 4 aliphatic heterocycles. The van der Waals surface area contributed by atoms with Crippen molar-refractivity contribution in [3.63, 3.8) is 0 Å². The van der Waals surface area contributed by atoms with Gasteiger partial charge in [-0.25, -0.2) is 14.8 Å². The van der Waals surface area contributed by atoms with Crippen molar-refractivity contribution in [1.82, 2.24) is 40.0 Å². The first kappa shape index (κ1) is 36.8. The lowest BCUT2D eigenvalue weighted by atomic mass is 10.0. The lowest BCUT2D eigenvalue weighted by Gasteiger charge is -2.32. The van der Waals surface area contributed by atoms with Gasteiger partial charge in [0.05, 0.1) is 49.1 Å². The highest BCUT2D eigenvalue weighted by Crippen LogP contribution is 2.36. The summed E-state index contributed by atoms with van der Waals surface area (Å²) < 4.78 is 11.1. The summed E-state index contributed by atoms with van der Waals surface area (Å²) in [5, 5.41) is 3.03. The van der Waals surface area contributed by atoms with Crippen molar-refractivity contribution >= 4 is 17.8 Å². The highest BCUT2D eigenvalue weighted by Gasteiger charge is 2.39. The van der Waals surface area contributed by atoms with E-state index in [0.29, 0.717) is 39.5 Å². The van der Waals surface area contributed by atoms with E-state index in [1.165, 1.54) is 0 Å². The molecule has 4 aliphatic rings. The van der Waals surface area contributed by atoms with E-state index in [1.54, 1.807) is 4.90 Å². The Morgan fingerprint density at radius 3 is 1.79 bits per heavy atom. The largest absolute Gasteiger partial charge is 0.378 e. The van der Waals surface area contributed by atoms with Gasteiger partial charge in [-0.05, 0) is 66.3 Å². The third kappa shape index (κ3) is 7.69. The quantitative estimate of drug-likeness (QED) is 0.157.